The van der Waals surface area contributed by atoms with E-state index in [4.69, 9.17) is 0 Å². The summed E-state index contributed by atoms with van der Waals surface area (Å²) in [5, 5.41) is 3.47. The second-order valence-corrected chi connectivity index (χ2v) is 5.20. The molecule has 2 heterocycles. The molecular formula is C13H23N3. The van der Waals surface area contributed by atoms with Gasteiger partial charge in [0.2, 0.25) is 0 Å². The third-order valence-corrected chi connectivity index (χ3v) is 3.45. The highest BCUT2D eigenvalue weighted by Gasteiger charge is 2.17. The fraction of sp³-hybridized carbons (Fsp3) is 0.769. The number of piperidine rings is 1. The number of rotatable bonds is 3. The van der Waals surface area contributed by atoms with Crippen molar-refractivity contribution in [1.82, 2.24) is 14.9 Å². The van der Waals surface area contributed by atoms with Crippen LogP contribution in [0.25, 0.3) is 0 Å². The molecule has 1 N–H and O–H groups in total. The Morgan fingerprint density at radius 2 is 2.38 bits per heavy atom. The third-order valence-electron chi connectivity index (χ3n) is 3.45. The van der Waals surface area contributed by atoms with Gasteiger partial charge in [0.1, 0.15) is 5.82 Å². The van der Waals surface area contributed by atoms with Crippen molar-refractivity contribution in [2.45, 2.75) is 46.1 Å². The van der Waals surface area contributed by atoms with E-state index >= 15 is 0 Å². The molecule has 1 unspecified atom stereocenters. The lowest BCUT2D eigenvalue weighted by atomic mass is 9.96. The zero-order valence-electron chi connectivity index (χ0n) is 10.7. The molecule has 0 radical (unpaired) electrons. The van der Waals surface area contributed by atoms with Crippen LogP contribution in [0.15, 0.2) is 6.20 Å². The van der Waals surface area contributed by atoms with E-state index in [2.05, 4.69) is 35.6 Å². The summed E-state index contributed by atoms with van der Waals surface area (Å²) in [4.78, 5) is 4.57. The average Bonchev–Trinajstić information content (AvgIpc) is 2.61. The lowest BCUT2D eigenvalue weighted by Gasteiger charge is -2.23. The summed E-state index contributed by atoms with van der Waals surface area (Å²) in [6, 6.07) is 0.522. The number of imidazole rings is 1. The topological polar surface area (TPSA) is 29.9 Å². The molecule has 0 saturated carbocycles. The van der Waals surface area contributed by atoms with E-state index in [1.54, 1.807) is 0 Å². The number of nitrogens with zero attached hydrogens (tertiary/aromatic N) is 2. The maximum Gasteiger partial charge on any atom is 0.109 e. The van der Waals surface area contributed by atoms with Crippen LogP contribution in [0.2, 0.25) is 0 Å². The van der Waals surface area contributed by atoms with Gasteiger partial charge in [-0.3, -0.25) is 0 Å². The van der Waals surface area contributed by atoms with Crippen LogP contribution >= 0.6 is 0 Å². The van der Waals surface area contributed by atoms with Gasteiger partial charge in [-0.2, -0.15) is 0 Å². The Bertz CT molecular complexity index is 335. The van der Waals surface area contributed by atoms with E-state index in [9.17, 15) is 0 Å². The van der Waals surface area contributed by atoms with Gasteiger partial charge in [0.05, 0.1) is 0 Å². The Labute approximate surface area is 98.3 Å². The minimum Gasteiger partial charge on any atom is -0.330 e. The molecule has 0 aliphatic carbocycles. The predicted molar refractivity (Wildman–Crippen MR) is 66.6 cm³/mol. The molecule has 3 heteroatoms. The molecule has 1 atom stereocenters. The van der Waals surface area contributed by atoms with Crippen LogP contribution in [0.1, 0.15) is 44.2 Å². The quantitative estimate of drug-likeness (QED) is 0.849. The molecule has 1 aliphatic rings. The average molecular weight is 221 g/mol. The molecule has 2 rings (SSSR count). The lowest BCUT2D eigenvalue weighted by molar-refractivity contribution is 0.363. The normalized spacial score (nSPS) is 21.6. The Morgan fingerprint density at radius 1 is 1.56 bits per heavy atom. The first-order chi connectivity index (χ1) is 7.68. The Hall–Kier alpha value is -0.830. The van der Waals surface area contributed by atoms with E-state index in [0.717, 1.165) is 18.9 Å². The van der Waals surface area contributed by atoms with Crippen LogP contribution in [-0.4, -0.2) is 22.6 Å². The van der Waals surface area contributed by atoms with E-state index in [1.165, 1.54) is 30.9 Å². The van der Waals surface area contributed by atoms with Crippen LogP contribution in [0.5, 0.6) is 0 Å². The van der Waals surface area contributed by atoms with Gasteiger partial charge in [-0.1, -0.05) is 0 Å². The van der Waals surface area contributed by atoms with Crippen molar-refractivity contribution in [3.05, 3.63) is 17.7 Å². The summed E-state index contributed by atoms with van der Waals surface area (Å²) in [6.45, 7) is 8.96. The second kappa shape index (κ2) is 5.00. The molecule has 0 bridgehead atoms. The van der Waals surface area contributed by atoms with E-state index in [1.807, 2.05) is 6.20 Å². The monoisotopic (exact) mass is 221 g/mol. The van der Waals surface area contributed by atoms with Crippen LogP contribution in [0, 0.1) is 12.8 Å². The lowest BCUT2D eigenvalue weighted by Crippen LogP contribution is -2.31. The molecule has 1 aromatic rings. The number of hydrogen-bond acceptors (Lipinski definition) is 2. The molecule has 16 heavy (non-hydrogen) atoms. The zero-order chi connectivity index (χ0) is 11.5. The van der Waals surface area contributed by atoms with Gasteiger partial charge in [0.25, 0.3) is 0 Å². The summed E-state index contributed by atoms with van der Waals surface area (Å²) in [7, 11) is 0. The van der Waals surface area contributed by atoms with Gasteiger partial charge in [0, 0.05) is 24.4 Å². The number of nitrogens with one attached hydrogen (secondary N) is 1. The van der Waals surface area contributed by atoms with Crippen molar-refractivity contribution in [2.24, 2.45) is 5.92 Å². The Morgan fingerprint density at radius 3 is 3.00 bits per heavy atom. The number of aromatic nitrogens is 2. The highest BCUT2D eigenvalue weighted by atomic mass is 15.1. The van der Waals surface area contributed by atoms with Crippen LogP contribution in [0.4, 0.5) is 0 Å². The maximum atomic E-state index is 4.57. The minimum absolute atomic E-state index is 0.522. The summed E-state index contributed by atoms with van der Waals surface area (Å²) < 4.78 is 2.37. The first-order valence-corrected chi connectivity index (χ1v) is 6.42. The first kappa shape index (κ1) is 11.6. The van der Waals surface area contributed by atoms with Gasteiger partial charge in [-0.05, 0) is 52.6 Å². The van der Waals surface area contributed by atoms with Gasteiger partial charge in [-0.25, -0.2) is 4.98 Å². The summed E-state index contributed by atoms with van der Waals surface area (Å²) >= 11 is 0. The first-order valence-electron chi connectivity index (χ1n) is 6.42. The van der Waals surface area contributed by atoms with Crippen molar-refractivity contribution >= 4 is 0 Å². The third kappa shape index (κ3) is 2.46. The predicted octanol–water partition coefficient (Wildman–Crippen LogP) is 2.31. The smallest absolute Gasteiger partial charge is 0.109 e. The van der Waals surface area contributed by atoms with Gasteiger partial charge in [-0.15, -0.1) is 0 Å². The van der Waals surface area contributed by atoms with E-state index in [-0.39, 0.29) is 0 Å². The van der Waals surface area contributed by atoms with Crippen molar-refractivity contribution in [3.63, 3.8) is 0 Å². The second-order valence-electron chi connectivity index (χ2n) is 5.20. The molecule has 1 saturated heterocycles. The van der Waals surface area contributed by atoms with E-state index in [0.29, 0.717) is 6.04 Å². The highest BCUT2D eigenvalue weighted by molar-refractivity contribution is 5.06. The minimum atomic E-state index is 0.522. The summed E-state index contributed by atoms with van der Waals surface area (Å²) in [5.74, 6) is 2.04. The number of aryl methyl sites for hydroxylation is 1. The molecular weight excluding hydrogens is 198 g/mol. The molecule has 90 valence electrons. The van der Waals surface area contributed by atoms with Crippen molar-refractivity contribution in [2.75, 3.05) is 13.1 Å². The molecule has 0 amide bonds. The SMILES string of the molecule is Cc1cnc(CC2CCCNC2)n1C(C)C. The van der Waals surface area contributed by atoms with Gasteiger partial charge >= 0.3 is 0 Å². The molecule has 3 nitrogen and oxygen atoms in total. The number of hydrogen-bond donors (Lipinski definition) is 1. The Kier molecular flexibility index (Phi) is 3.64. The molecule has 1 aromatic heterocycles. The van der Waals surface area contributed by atoms with Crippen molar-refractivity contribution < 1.29 is 0 Å². The Balaban J connectivity index is 2.08. The van der Waals surface area contributed by atoms with Gasteiger partial charge < -0.3 is 9.88 Å². The van der Waals surface area contributed by atoms with Gasteiger partial charge in [0.15, 0.2) is 0 Å². The fourth-order valence-corrected chi connectivity index (χ4v) is 2.71. The van der Waals surface area contributed by atoms with Crippen LogP contribution in [-0.2, 0) is 6.42 Å². The largest absolute Gasteiger partial charge is 0.330 e. The van der Waals surface area contributed by atoms with Crippen molar-refractivity contribution in [3.8, 4) is 0 Å². The summed E-state index contributed by atoms with van der Waals surface area (Å²) in [5.41, 5.74) is 1.29. The maximum absolute atomic E-state index is 4.57. The fourth-order valence-electron chi connectivity index (χ4n) is 2.71. The molecule has 1 aliphatic heterocycles. The highest BCUT2D eigenvalue weighted by Crippen LogP contribution is 2.19. The van der Waals surface area contributed by atoms with Crippen LogP contribution < -0.4 is 5.32 Å². The van der Waals surface area contributed by atoms with Crippen molar-refractivity contribution in [1.29, 1.82) is 0 Å². The molecule has 0 spiro atoms. The standard InChI is InChI=1S/C13H23N3/c1-10(2)16-11(3)8-15-13(16)7-12-5-4-6-14-9-12/h8,10,12,14H,4-7,9H2,1-3H3. The molecule has 1 fully saturated rings. The van der Waals surface area contributed by atoms with E-state index < -0.39 is 0 Å². The summed E-state index contributed by atoms with van der Waals surface area (Å²) in [6.07, 6.45) is 5.79. The zero-order valence-corrected chi connectivity index (χ0v) is 10.7. The van der Waals surface area contributed by atoms with Crippen LogP contribution in [0.3, 0.4) is 0 Å². The molecule has 0 aromatic carbocycles.